The standard InChI is InChI=1S/C16H36Si4/c1-17(2,3)13-16(20(10,11)12)14(18(4,5)6)15(16)19(7,8)9/h1-12H3. The van der Waals surface area contributed by atoms with Crippen LogP contribution in [0.2, 0.25) is 83.6 Å². The molecule has 20 heavy (non-hydrogen) atoms. The Bertz CT molecular complexity index is 395. The fourth-order valence-electron chi connectivity index (χ4n) is 3.78. The number of rotatable bonds is 5. The van der Waals surface area contributed by atoms with E-state index in [1.54, 1.807) is 0 Å². The van der Waals surface area contributed by atoms with E-state index in [2.05, 4.69) is 84.6 Å². The Labute approximate surface area is 132 Å². The summed E-state index contributed by atoms with van der Waals surface area (Å²) in [6, 6.07) is 4.26. The quantitative estimate of drug-likeness (QED) is 0.531. The smallest absolute Gasteiger partial charge is 0.0726 e. The molecular weight excluding hydrogens is 305 g/mol. The van der Waals surface area contributed by atoms with E-state index >= 15 is 0 Å². The van der Waals surface area contributed by atoms with Crippen LogP contribution in [-0.4, -0.2) is 32.3 Å². The molecule has 0 atom stereocenters. The lowest BCUT2D eigenvalue weighted by atomic mass is 10.4. The van der Waals surface area contributed by atoms with E-state index in [0.29, 0.717) is 5.04 Å². The molecule has 0 saturated heterocycles. The summed E-state index contributed by atoms with van der Waals surface area (Å²) in [5.74, 6) is 0. The van der Waals surface area contributed by atoms with Gasteiger partial charge in [0.05, 0.1) is 32.3 Å². The molecule has 1 aliphatic carbocycles. The van der Waals surface area contributed by atoms with Crippen molar-refractivity contribution in [2.75, 3.05) is 0 Å². The Balaban J connectivity index is 3.44. The maximum Gasteiger partial charge on any atom is 0.0726 e. The van der Waals surface area contributed by atoms with Crippen molar-refractivity contribution in [3.8, 4) is 0 Å². The average Bonchev–Trinajstić information content (AvgIpc) is 2.67. The van der Waals surface area contributed by atoms with Crippen LogP contribution in [-0.2, 0) is 0 Å². The lowest BCUT2D eigenvalue weighted by Gasteiger charge is -2.40. The lowest BCUT2D eigenvalue weighted by Crippen LogP contribution is -2.44. The SMILES string of the molecule is C[Si](C)(C)[C]C1([Si](C)(C)C)C([Si](C)(C)C)=C1[Si](C)(C)C. The van der Waals surface area contributed by atoms with Gasteiger partial charge in [0, 0.05) is 5.04 Å². The van der Waals surface area contributed by atoms with Crippen molar-refractivity contribution >= 4 is 32.3 Å². The molecule has 0 nitrogen and oxygen atoms in total. The molecule has 0 N–H and O–H groups in total. The third-order valence-corrected chi connectivity index (χ3v) is 13.4. The summed E-state index contributed by atoms with van der Waals surface area (Å²) < 4.78 is 0. The van der Waals surface area contributed by atoms with Gasteiger partial charge in [-0.25, -0.2) is 0 Å². The van der Waals surface area contributed by atoms with E-state index in [1.807, 2.05) is 10.4 Å². The predicted molar refractivity (Wildman–Crippen MR) is 106 cm³/mol. The van der Waals surface area contributed by atoms with E-state index in [9.17, 15) is 0 Å². The first kappa shape index (κ1) is 18.7. The monoisotopic (exact) mass is 340 g/mol. The number of allylic oxidation sites excluding steroid dienone is 2. The summed E-state index contributed by atoms with van der Waals surface area (Å²) in [6.45, 7) is 30.4. The molecule has 0 aromatic carbocycles. The van der Waals surface area contributed by atoms with Crippen LogP contribution in [0.3, 0.4) is 0 Å². The third kappa shape index (κ3) is 3.33. The molecule has 0 aromatic heterocycles. The van der Waals surface area contributed by atoms with Crippen LogP contribution in [0.5, 0.6) is 0 Å². The van der Waals surface area contributed by atoms with E-state index in [4.69, 9.17) is 0 Å². The molecule has 0 heterocycles. The minimum Gasteiger partial charge on any atom is -0.0778 e. The van der Waals surface area contributed by atoms with Crippen molar-refractivity contribution in [1.82, 2.24) is 0 Å². The normalized spacial score (nSPS) is 20.4. The van der Waals surface area contributed by atoms with Crippen molar-refractivity contribution < 1.29 is 0 Å². The molecule has 0 fully saturated rings. The van der Waals surface area contributed by atoms with Crippen LogP contribution in [0.25, 0.3) is 0 Å². The molecule has 116 valence electrons. The first-order chi connectivity index (χ1) is 8.45. The van der Waals surface area contributed by atoms with E-state index in [1.165, 1.54) is 0 Å². The fourth-order valence-corrected chi connectivity index (χ4v) is 21.2. The molecule has 0 saturated carbocycles. The van der Waals surface area contributed by atoms with E-state index < -0.39 is 32.3 Å². The van der Waals surface area contributed by atoms with Gasteiger partial charge in [0.2, 0.25) is 0 Å². The molecule has 0 unspecified atom stereocenters. The minimum absolute atomic E-state index is 0.381. The van der Waals surface area contributed by atoms with Gasteiger partial charge in [-0.15, -0.1) is 0 Å². The van der Waals surface area contributed by atoms with Gasteiger partial charge in [-0.1, -0.05) is 89.0 Å². The summed E-state index contributed by atoms with van der Waals surface area (Å²) in [5.41, 5.74) is 0. The van der Waals surface area contributed by atoms with Crippen molar-refractivity contribution in [3.63, 3.8) is 0 Å². The van der Waals surface area contributed by atoms with Gasteiger partial charge in [-0.2, -0.15) is 0 Å². The zero-order valence-corrected chi connectivity index (χ0v) is 20.0. The highest BCUT2D eigenvalue weighted by molar-refractivity contribution is 7.02. The summed E-state index contributed by atoms with van der Waals surface area (Å²) in [4.78, 5) is 0. The Hall–Kier alpha value is 0.608. The van der Waals surface area contributed by atoms with Crippen molar-refractivity contribution in [1.29, 1.82) is 0 Å². The minimum atomic E-state index is -1.31. The van der Waals surface area contributed by atoms with Crippen molar-refractivity contribution in [3.05, 3.63) is 16.4 Å². The van der Waals surface area contributed by atoms with Gasteiger partial charge >= 0.3 is 0 Å². The molecule has 0 aromatic rings. The van der Waals surface area contributed by atoms with E-state index in [-0.39, 0.29) is 0 Å². The summed E-state index contributed by atoms with van der Waals surface area (Å²) in [6.07, 6.45) is 0. The van der Waals surface area contributed by atoms with Crippen LogP contribution < -0.4 is 0 Å². The summed E-state index contributed by atoms with van der Waals surface area (Å²) in [5, 5.41) is 4.23. The predicted octanol–water partition coefficient (Wildman–Crippen LogP) is 6.09. The summed E-state index contributed by atoms with van der Waals surface area (Å²) in [7, 11) is -5.07. The van der Waals surface area contributed by atoms with Gasteiger partial charge in [0.15, 0.2) is 0 Å². The summed E-state index contributed by atoms with van der Waals surface area (Å²) >= 11 is 0. The first-order valence-corrected chi connectivity index (χ1v) is 22.0. The lowest BCUT2D eigenvalue weighted by molar-refractivity contribution is 1.07. The second-order valence-electron chi connectivity index (χ2n) is 10.6. The van der Waals surface area contributed by atoms with E-state index in [0.717, 1.165) is 0 Å². The van der Waals surface area contributed by atoms with Crippen molar-refractivity contribution in [2.45, 2.75) is 83.6 Å². The zero-order valence-electron chi connectivity index (χ0n) is 16.0. The Morgan fingerprint density at radius 3 is 1.05 bits per heavy atom. The molecule has 0 bridgehead atoms. The topological polar surface area (TPSA) is 0 Å². The number of hydrogen-bond donors (Lipinski definition) is 0. The Morgan fingerprint density at radius 1 is 0.600 bits per heavy atom. The van der Waals surface area contributed by atoms with Gasteiger partial charge in [0.1, 0.15) is 0 Å². The van der Waals surface area contributed by atoms with Gasteiger partial charge in [0.25, 0.3) is 0 Å². The van der Waals surface area contributed by atoms with Gasteiger partial charge in [-0.05, 0) is 6.04 Å². The van der Waals surface area contributed by atoms with Crippen LogP contribution in [0, 0.1) is 6.04 Å². The zero-order chi connectivity index (χ0) is 16.4. The highest BCUT2D eigenvalue weighted by Crippen LogP contribution is 2.73. The largest absolute Gasteiger partial charge is 0.0778 e. The molecular formula is C16H36Si4. The Morgan fingerprint density at radius 2 is 0.900 bits per heavy atom. The van der Waals surface area contributed by atoms with Crippen LogP contribution in [0.1, 0.15) is 0 Å². The molecule has 0 spiro atoms. The maximum absolute atomic E-state index is 4.26. The molecule has 2 radical (unpaired) electrons. The molecule has 1 aliphatic rings. The number of hydrogen-bond acceptors (Lipinski definition) is 0. The molecule has 4 heteroatoms. The highest BCUT2D eigenvalue weighted by atomic mass is 28.3. The van der Waals surface area contributed by atoms with Gasteiger partial charge < -0.3 is 0 Å². The van der Waals surface area contributed by atoms with Crippen LogP contribution >= 0.6 is 0 Å². The molecule has 0 amide bonds. The average molecular weight is 341 g/mol. The van der Waals surface area contributed by atoms with Crippen LogP contribution in [0.4, 0.5) is 0 Å². The van der Waals surface area contributed by atoms with Crippen LogP contribution in [0.15, 0.2) is 10.4 Å². The highest BCUT2D eigenvalue weighted by Gasteiger charge is 2.66. The first-order valence-electron chi connectivity index (χ1n) is 8.00. The Kier molecular flexibility index (Phi) is 4.48. The third-order valence-electron chi connectivity index (χ3n) is 4.12. The van der Waals surface area contributed by atoms with Gasteiger partial charge in [-0.3, -0.25) is 0 Å². The maximum atomic E-state index is 4.26. The molecule has 0 aliphatic heterocycles. The second kappa shape index (κ2) is 4.80. The second-order valence-corrected chi connectivity index (χ2v) is 30.6. The van der Waals surface area contributed by atoms with Crippen molar-refractivity contribution in [2.24, 2.45) is 0 Å². The molecule has 1 rings (SSSR count). The fraction of sp³-hybridized carbons (Fsp3) is 0.812.